The fraction of sp³-hybridized carbons (Fsp3) is 0.562. The van der Waals surface area contributed by atoms with E-state index < -0.39 is 0 Å². The van der Waals surface area contributed by atoms with Gasteiger partial charge in [0.05, 0.1) is 7.11 Å². The number of ether oxygens (including phenoxy) is 1. The van der Waals surface area contributed by atoms with Crippen LogP contribution in [0.5, 0.6) is 0 Å². The summed E-state index contributed by atoms with van der Waals surface area (Å²) in [6.45, 7) is 6.48. The van der Waals surface area contributed by atoms with E-state index in [0.29, 0.717) is 27.8 Å². The molecule has 0 fully saturated rings. The summed E-state index contributed by atoms with van der Waals surface area (Å²) in [4.78, 5) is 11.0. The van der Waals surface area contributed by atoms with E-state index in [1.54, 1.807) is 0 Å². The molecule has 0 spiro atoms. The molecule has 0 saturated heterocycles. The molecule has 0 saturated carbocycles. The monoisotopic (exact) mass is 276 g/mol. The Hall–Kier alpha value is -1.27. The highest BCUT2D eigenvalue weighted by atomic mass is 28.2. The van der Waals surface area contributed by atoms with E-state index in [1.807, 2.05) is 12.2 Å². The lowest BCUT2D eigenvalue weighted by atomic mass is 9.90. The van der Waals surface area contributed by atoms with Crippen LogP contribution in [0.3, 0.4) is 0 Å². The first-order valence-corrected chi connectivity index (χ1v) is 8.19. The molecule has 0 aliphatic heterocycles. The predicted octanol–water partition coefficient (Wildman–Crippen LogP) is 3.43. The Balaban J connectivity index is 3.92. The first-order valence-electron chi connectivity index (χ1n) is 6.69. The molecule has 0 amide bonds. The minimum atomic E-state index is -0.117. The highest BCUT2D eigenvalue weighted by Gasteiger charge is 2.09. The van der Waals surface area contributed by atoms with Gasteiger partial charge in [0.1, 0.15) is 9.52 Å². The highest BCUT2D eigenvalue weighted by Crippen LogP contribution is 2.19. The summed E-state index contributed by atoms with van der Waals surface area (Å²) < 4.78 is 4.63. The Bertz CT molecular complexity index is 361. The van der Waals surface area contributed by atoms with Gasteiger partial charge in [-0.1, -0.05) is 44.5 Å². The zero-order valence-electron chi connectivity index (χ0n) is 12.4. The topological polar surface area (TPSA) is 26.3 Å². The zero-order valence-corrected chi connectivity index (χ0v) is 13.4. The molecule has 2 radical (unpaired) electrons. The fourth-order valence-corrected chi connectivity index (χ4v) is 1.81. The minimum absolute atomic E-state index is 0.117. The van der Waals surface area contributed by atoms with E-state index in [4.69, 9.17) is 0 Å². The molecule has 0 aromatic carbocycles. The van der Waals surface area contributed by atoms with Crippen molar-refractivity contribution in [1.82, 2.24) is 0 Å². The normalized spacial score (nSPS) is 14.1. The molecule has 0 aliphatic carbocycles. The number of hydrogen-bond donors (Lipinski definition) is 0. The van der Waals surface area contributed by atoms with Crippen LogP contribution in [0.4, 0.5) is 0 Å². The summed E-state index contributed by atoms with van der Waals surface area (Å²) in [5.41, 5.74) is 3.02. The van der Waals surface area contributed by atoms with Crippen LogP contribution in [-0.4, -0.2) is 22.6 Å². The third-order valence-electron chi connectivity index (χ3n) is 3.07. The number of methoxy groups -OCH3 is 1. The van der Waals surface area contributed by atoms with Crippen molar-refractivity contribution in [1.29, 1.82) is 0 Å². The first kappa shape index (κ1) is 17.7. The van der Waals surface area contributed by atoms with Crippen molar-refractivity contribution in [3.05, 3.63) is 24.3 Å². The number of hydrogen-bond acceptors (Lipinski definition) is 2. The van der Waals surface area contributed by atoms with E-state index in [1.165, 1.54) is 7.11 Å². The average molecular weight is 276 g/mol. The van der Waals surface area contributed by atoms with Crippen LogP contribution in [0.15, 0.2) is 24.3 Å². The molecule has 0 rings (SSSR count). The maximum Gasteiger partial charge on any atom is 0.305 e. The van der Waals surface area contributed by atoms with Gasteiger partial charge in [0.2, 0.25) is 0 Å². The second-order valence-corrected chi connectivity index (χ2v) is 5.32. The quantitative estimate of drug-likeness (QED) is 0.308. The summed E-state index contributed by atoms with van der Waals surface area (Å²) in [7, 11) is 2.12. The molecule has 0 aromatic heterocycles. The standard InChI is InChI=1S/C16H24O2Si/c1-14(10-7-5-6-8-13-19-4)15(2)11-9-12-16(17)18-3/h5-7,10,14-15H,9,11-12H2,1-4H3/b6-5+,10-7+/t14-,15+/m1/s1. The lowest BCUT2D eigenvalue weighted by Crippen LogP contribution is -2.07. The second-order valence-electron chi connectivity index (χ2n) is 4.57. The van der Waals surface area contributed by atoms with Gasteiger partial charge in [0.15, 0.2) is 0 Å². The van der Waals surface area contributed by atoms with Crippen LogP contribution in [0, 0.1) is 23.3 Å². The van der Waals surface area contributed by atoms with E-state index >= 15 is 0 Å². The van der Waals surface area contributed by atoms with Crippen molar-refractivity contribution >= 4 is 15.5 Å². The van der Waals surface area contributed by atoms with E-state index in [-0.39, 0.29) is 5.97 Å². The smallest absolute Gasteiger partial charge is 0.305 e. The van der Waals surface area contributed by atoms with Crippen LogP contribution in [0.25, 0.3) is 0 Å². The van der Waals surface area contributed by atoms with E-state index in [2.05, 4.69) is 48.7 Å². The second kappa shape index (κ2) is 11.8. The third kappa shape index (κ3) is 10.3. The van der Waals surface area contributed by atoms with Gasteiger partial charge in [0, 0.05) is 6.42 Å². The van der Waals surface area contributed by atoms with Gasteiger partial charge in [-0.05, 0) is 30.8 Å². The molecule has 3 heteroatoms. The lowest BCUT2D eigenvalue weighted by molar-refractivity contribution is -0.140. The summed E-state index contributed by atoms with van der Waals surface area (Å²) in [6, 6.07) is 0. The maximum atomic E-state index is 11.0. The maximum absolute atomic E-state index is 11.0. The number of esters is 1. The van der Waals surface area contributed by atoms with Crippen molar-refractivity contribution in [2.45, 2.75) is 39.7 Å². The average Bonchev–Trinajstić information content (AvgIpc) is 2.41. The molecule has 0 aliphatic rings. The molecule has 19 heavy (non-hydrogen) atoms. The van der Waals surface area contributed by atoms with Crippen LogP contribution in [-0.2, 0) is 9.53 Å². The van der Waals surface area contributed by atoms with Crippen molar-refractivity contribution < 1.29 is 9.53 Å². The van der Waals surface area contributed by atoms with Gasteiger partial charge in [0.25, 0.3) is 0 Å². The van der Waals surface area contributed by atoms with Crippen molar-refractivity contribution in [2.75, 3.05) is 7.11 Å². The number of carbonyl (C=O) groups is 1. The molecular weight excluding hydrogens is 252 g/mol. The molecule has 0 heterocycles. The molecule has 2 nitrogen and oxygen atoms in total. The van der Waals surface area contributed by atoms with Crippen molar-refractivity contribution in [3.63, 3.8) is 0 Å². The van der Waals surface area contributed by atoms with Gasteiger partial charge < -0.3 is 4.74 Å². The molecule has 104 valence electrons. The highest BCUT2D eigenvalue weighted by molar-refractivity contribution is 6.44. The third-order valence-corrected chi connectivity index (χ3v) is 3.46. The Morgan fingerprint density at radius 3 is 2.74 bits per heavy atom. The SMILES string of the molecule is COC(=O)CCC[C@H](C)[C@H](C)/C=C/C=C/C#C[Si]C. The molecular formula is C16H24O2Si. The van der Waals surface area contributed by atoms with Gasteiger partial charge in [-0.25, -0.2) is 0 Å². The number of allylic oxidation sites excluding steroid dienone is 4. The summed E-state index contributed by atoms with van der Waals surface area (Å²) in [5.74, 6) is 3.92. The molecule has 0 bridgehead atoms. The molecule has 0 aromatic rings. The number of rotatable bonds is 7. The Labute approximate surface area is 120 Å². The van der Waals surface area contributed by atoms with Gasteiger partial charge in [-0.15, -0.1) is 5.54 Å². The summed E-state index contributed by atoms with van der Waals surface area (Å²) >= 11 is 0. The molecule has 2 atom stereocenters. The van der Waals surface area contributed by atoms with E-state index in [9.17, 15) is 4.79 Å². The zero-order chi connectivity index (χ0) is 14.5. The summed E-state index contributed by atoms with van der Waals surface area (Å²) in [5, 5.41) is 0. The van der Waals surface area contributed by atoms with Gasteiger partial charge in [-0.2, -0.15) is 0 Å². The van der Waals surface area contributed by atoms with E-state index in [0.717, 1.165) is 12.8 Å². The van der Waals surface area contributed by atoms with Gasteiger partial charge in [-0.3, -0.25) is 4.79 Å². The van der Waals surface area contributed by atoms with Crippen molar-refractivity contribution in [3.8, 4) is 11.5 Å². The van der Waals surface area contributed by atoms with Crippen LogP contribution < -0.4 is 0 Å². The van der Waals surface area contributed by atoms with Crippen LogP contribution in [0.2, 0.25) is 6.55 Å². The largest absolute Gasteiger partial charge is 0.469 e. The minimum Gasteiger partial charge on any atom is -0.469 e. The number of carbonyl (C=O) groups excluding carboxylic acids is 1. The summed E-state index contributed by atoms with van der Waals surface area (Å²) in [6.07, 6.45) is 10.5. The fourth-order valence-electron chi connectivity index (χ4n) is 1.58. The van der Waals surface area contributed by atoms with Crippen molar-refractivity contribution in [2.24, 2.45) is 11.8 Å². The molecule has 0 N–H and O–H groups in total. The Morgan fingerprint density at radius 1 is 1.37 bits per heavy atom. The van der Waals surface area contributed by atoms with Crippen LogP contribution in [0.1, 0.15) is 33.1 Å². The molecule has 0 unspecified atom stereocenters. The van der Waals surface area contributed by atoms with Crippen LogP contribution >= 0.6 is 0 Å². The predicted molar refractivity (Wildman–Crippen MR) is 81.9 cm³/mol. The van der Waals surface area contributed by atoms with Gasteiger partial charge >= 0.3 is 5.97 Å². The first-order chi connectivity index (χ1) is 9.11. The Kier molecular flexibility index (Phi) is 11.0. The lowest BCUT2D eigenvalue weighted by Gasteiger charge is -2.15. The Morgan fingerprint density at radius 2 is 2.11 bits per heavy atom.